The van der Waals surface area contributed by atoms with Crippen molar-refractivity contribution in [3.8, 4) is 0 Å². The first-order valence-electron chi connectivity index (χ1n) is 5.33. The zero-order valence-corrected chi connectivity index (χ0v) is 11.8. The number of thiophene rings is 1. The topological polar surface area (TPSA) is 49.8 Å². The highest BCUT2D eigenvalue weighted by molar-refractivity contribution is 9.11. The van der Waals surface area contributed by atoms with E-state index in [1.54, 1.807) is 11.3 Å². The van der Waals surface area contributed by atoms with Crippen molar-refractivity contribution >= 4 is 33.2 Å². The Hall–Kier alpha value is -0.430. The van der Waals surface area contributed by atoms with Gasteiger partial charge in [0.15, 0.2) is 0 Å². The molecule has 2 rings (SSSR count). The highest BCUT2D eigenvalue weighted by Crippen LogP contribution is 2.26. The third-order valence-electron chi connectivity index (χ3n) is 2.97. The molecule has 1 fully saturated rings. The van der Waals surface area contributed by atoms with Crippen molar-refractivity contribution in [1.82, 2.24) is 4.90 Å². The van der Waals surface area contributed by atoms with E-state index in [2.05, 4.69) is 26.9 Å². The van der Waals surface area contributed by atoms with Gasteiger partial charge in [0.1, 0.15) is 0 Å². The molecule has 0 bridgehead atoms. The fourth-order valence-corrected chi connectivity index (χ4v) is 3.56. The van der Waals surface area contributed by atoms with Crippen LogP contribution in [-0.4, -0.2) is 42.3 Å². The van der Waals surface area contributed by atoms with Gasteiger partial charge in [0.25, 0.3) is 0 Å². The van der Waals surface area contributed by atoms with Crippen LogP contribution in [0.4, 0.5) is 0 Å². The average molecular weight is 320 g/mol. The van der Waals surface area contributed by atoms with E-state index in [1.807, 2.05) is 13.1 Å². The highest BCUT2D eigenvalue weighted by atomic mass is 79.9. The number of ether oxygens (including phenoxy) is 1. The standard InChI is InChI=1S/C11H14BrNO3S/c1-13(4-7-2-3-10(12)17-7)9-6-16-5-8(9)11(14)15/h2-3,8-9H,4-6H2,1H3,(H,14,15). The number of nitrogens with zero attached hydrogens (tertiary/aromatic N) is 1. The van der Waals surface area contributed by atoms with E-state index in [0.717, 1.165) is 10.3 Å². The smallest absolute Gasteiger partial charge is 0.310 e. The lowest BCUT2D eigenvalue weighted by Gasteiger charge is -2.25. The van der Waals surface area contributed by atoms with Crippen LogP contribution in [-0.2, 0) is 16.1 Å². The predicted octanol–water partition coefficient (Wildman–Crippen LogP) is 2.04. The Morgan fingerprint density at radius 1 is 1.65 bits per heavy atom. The monoisotopic (exact) mass is 319 g/mol. The maximum atomic E-state index is 11.1. The molecule has 1 saturated heterocycles. The molecule has 2 atom stereocenters. The van der Waals surface area contributed by atoms with Crippen LogP contribution >= 0.6 is 27.3 Å². The summed E-state index contributed by atoms with van der Waals surface area (Å²) in [7, 11) is 1.95. The van der Waals surface area contributed by atoms with Gasteiger partial charge in [0.05, 0.1) is 22.9 Å². The molecular weight excluding hydrogens is 306 g/mol. The van der Waals surface area contributed by atoms with Gasteiger partial charge in [-0.2, -0.15) is 0 Å². The van der Waals surface area contributed by atoms with E-state index in [1.165, 1.54) is 4.88 Å². The second-order valence-corrected chi connectivity index (χ2v) is 6.72. The van der Waals surface area contributed by atoms with Crippen LogP contribution in [0.15, 0.2) is 15.9 Å². The van der Waals surface area contributed by atoms with Crippen molar-refractivity contribution in [2.24, 2.45) is 5.92 Å². The lowest BCUT2D eigenvalue weighted by atomic mass is 10.0. The van der Waals surface area contributed by atoms with Gasteiger partial charge in [-0.1, -0.05) is 0 Å². The molecule has 1 N–H and O–H groups in total. The lowest BCUT2D eigenvalue weighted by molar-refractivity contribution is -0.143. The molecule has 2 heterocycles. The number of likely N-dealkylation sites (N-methyl/N-ethyl adjacent to an activating group) is 1. The van der Waals surface area contributed by atoms with Crippen molar-refractivity contribution in [3.05, 3.63) is 20.8 Å². The van der Waals surface area contributed by atoms with Gasteiger partial charge in [-0.05, 0) is 35.1 Å². The molecule has 0 spiro atoms. The summed E-state index contributed by atoms with van der Waals surface area (Å²) < 4.78 is 6.36. The Labute approximate surface area is 112 Å². The summed E-state index contributed by atoms with van der Waals surface area (Å²) in [6.07, 6.45) is 0. The van der Waals surface area contributed by atoms with Crippen LogP contribution in [0.5, 0.6) is 0 Å². The summed E-state index contributed by atoms with van der Waals surface area (Å²) in [5.74, 6) is -1.19. The molecule has 1 aliphatic rings. The molecule has 0 aromatic carbocycles. The number of hydrogen-bond donors (Lipinski definition) is 1. The van der Waals surface area contributed by atoms with Gasteiger partial charge >= 0.3 is 5.97 Å². The molecular formula is C11H14BrNO3S. The summed E-state index contributed by atoms with van der Waals surface area (Å²) in [6, 6.07) is 4.03. The van der Waals surface area contributed by atoms with Gasteiger partial charge in [-0.25, -0.2) is 0 Å². The van der Waals surface area contributed by atoms with Crippen molar-refractivity contribution in [2.45, 2.75) is 12.6 Å². The van der Waals surface area contributed by atoms with Crippen molar-refractivity contribution < 1.29 is 14.6 Å². The zero-order chi connectivity index (χ0) is 12.4. The molecule has 1 aromatic heterocycles. The van der Waals surface area contributed by atoms with Crippen molar-refractivity contribution in [1.29, 1.82) is 0 Å². The van der Waals surface area contributed by atoms with E-state index < -0.39 is 11.9 Å². The molecule has 17 heavy (non-hydrogen) atoms. The fraction of sp³-hybridized carbons (Fsp3) is 0.545. The van der Waals surface area contributed by atoms with Gasteiger partial charge in [0.2, 0.25) is 0 Å². The first-order chi connectivity index (χ1) is 8.08. The molecule has 0 aliphatic carbocycles. The van der Waals surface area contributed by atoms with E-state index in [0.29, 0.717) is 13.2 Å². The second-order valence-electron chi connectivity index (χ2n) is 4.17. The number of hydrogen-bond acceptors (Lipinski definition) is 4. The minimum Gasteiger partial charge on any atom is -0.481 e. The van der Waals surface area contributed by atoms with Crippen LogP contribution in [0.1, 0.15) is 4.88 Å². The van der Waals surface area contributed by atoms with E-state index in [9.17, 15) is 4.79 Å². The highest BCUT2D eigenvalue weighted by Gasteiger charge is 2.36. The maximum absolute atomic E-state index is 11.1. The maximum Gasteiger partial charge on any atom is 0.310 e. The summed E-state index contributed by atoms with van der Waals surface area (Å²) in [4.78, 5) is 14.3. The van der Waals surface area contributed by atoms with Crippen molar-refractivity contribution in [3.63, 3.8) is 0 Å². The number of carbonyl (C=O) groups is 1. The number of carboxylic acids is 1. The van der Waals surface area contributed by atoms with Gasteiger partial charge in [-0.3, -0.25) is 9.69 Å². The number of aliphatic carboxylic acids is 1. The summed E-state index contributed by atoms with van der Waals surface area (Å²) in [6.45, 7) is 1.58. The van der Waals surface area contributed by atoms with E-state index in [-0.39, 0.29) is 6.04 Å². The second kappa shape index (κ2) is 5.48. The minimum atomic E-state index is -0.772. The Balaban J connectivity index is 1.99. The molecule has 4 nitrogen and oxygen atoms in total. The predicted molar refractivity (Wildman–Crippen MR) is 69.2 cm³/mol. The van der Waals surface area contributed by atoms with Crippen LogP contribution < -0.4 is 0 Å². The molecule has 0 saturated carbocycles. The molecule has 0 amide bonds. The molecule has 0 radical (unpaired) electrons. The third-order valence-corrected chi connectivity index (χ3v) is 4.58. The average Bonchev–Trinajstić information content (AvgIpc) is 2.86. The van der Waals surface area contributed by atoms with Crippen LogP contribution in [0.2, 0.25) is 0 Å². The summed E-state index contributed by atoms with van der Waals surface area (Å²) in [5, 5.41) is 9.09. The molecule has 6 heteroatoms. The Kier molecular flexibility index (Phi) is 4.19. The SMILES string of the molecule is CN(Cc1ccc(Br)s1)C1COCC1C(=O)O. The minimum absolute atomic E-state index is 0.0339. The molecule has 2 unspecified atom stereocenters. The molecule has 1 aliphatic heterocycles. The largest absolute Gasteiger partial charge is 0.481 e. The van der Waals surface area contributed by atoms with E-state index >= 15 is 0 Å². The molecule has 94 valence electrons. The first kappa shape index (κ1) is 13.0. The zero-order valence-electron chi connectivity index (χ0n) is 9.43. The summed E-state index contributed by atoms with van der Waals surface area (Å²) in [5.41, 5.74) is 0. The number of carboxylic acid groups (broad SMARTS) is 1. The number of halogens is 1. The summed E-state index contributed by atoms with van der Waals surface area (Å²) >= 11 is 5.09. The fourth-order valence-electron chi connectivity index (χ4n) is 2.01. The van der Waals surface area contributed by atoms with Gasteiger partial charge < -0.3 is 9.84 Å². The Morgan fingerprint density at radius 2 is 2.41 bits per heavy atom. The van der Waals surface area contributed by atoms with Gasteiger partial charge in [-0.15, -0.1) is 11.3 Å². The van der Waals surface area contributed by atoms with Crippen LogP contribution in [0, 0.1) is 5.92 Å². The number of rotatable bonds is 4. The Bertz CT molecular complexity index is 409. The lowest BCUT2D eigenvalue weighted by Crippen LogP contribution is -2.40. The molecule has 1 aromatic rings. The van der Waals surface area contributed by atoms with E-state index in [4.69, 9.17) is 9.84 Å². The van der Waals surface area contributed by atoms with Crippen LogP contribution in [0.25, 0.3) is 0 Å². The van der Waals surface area contributed by atoms with Gasteiger partial charge in [0, 0.05) is 17.5 Å². The normalized spacial score (nSPS) is 24.4. The van der Waals surface area contributed by atoms with Crippen molar-refractivity contribution in [2.75, 3.05) is 20.3 Å². The van der Waals surface area contributed by atoms with Crippen LogP contribution in [0.3, 0.4) is 0 Å². The quantitative estimate of drug-likeness (QED) is 0.922. The third kappa shape index (κ3) is 3.07. The Morgan fingerprint density at radius 3 is 3.00 bits per heavy atom. The first-order valence-corrected chi connectivity index (χ1v) is 6.94.